The highest BCUT2D eigenvalue weighted by atomic mass is 32.2. The van der Waals surface area contributed by atoms with Crippen molar-refractivity contribution in [2.45, 2.75) is 64.6 Å². The van der Waals surface area contributed by atoms with E-state index in [2.05, 4.69) is 9.50 Å². The summed E-state index contributed by atoms with van der Waals surface area (Å²) in [5.74, 6) is -1.50. The van der Waals surface area contributed by atoms with E-state index in [0.717, 1.165) is 12.1 Å². The van der Waals surface area contributed by atoms with Crippen LogP contribution in [-0.4, -0.2) is 44.2 Å². The largest absolute Gasteiger partial charge is 0.534 e. The van der Waals surface area contributed by atoms with Crippen LogP contribution in [-0.2, 0) is 30.8 Å². The molecular formula is C20H28F3NO7S. The summed E-state index contributed by atoms with van der Waals surface area (Å²) >= 11 is 0. The van der Waals surface area contributed by atoms with Crippen LogP contribution in [0.15, 0.2) is 24.3 Å². The predicted molar refractivity (Wildman–Crippen MR) is 109 cm³/mol. The number of amides is 1. The lowest BCUT2D eigenvalue weighted by Crippen LogP contribution is -2.41. The van der Waals surface area contributed by atoms with Crippen LogP contribution in [0.4, 0.5) is 18.0 Å². The molecule has 0 aromatic heterocycles. The summed E-state index contributed by atoms with van der Waals surface area (Å²) in [6.45, 7) is 8.59. The van der Waals surface area contributed by atoms with Crippen LogP contribution in [0.25, 0.3) is 0 Å². The second-order valence-corrected chi connectivity index (χ2v) is 9.60. The Labute approximate surface area is 185 Å². The third-order valence-corrected chi connectivity index (χ3v) is 4.92. The molecule has 32 heavy (non-hydrogen) atoms. The lowest BCUT2D eigenvalue weighted by molar-refractivity contribution is -0.147. The lowest BCUT2D eigenvalue weighted by atomic mass is 9.96. The van der Waals surface area contributed by atoms with Gasteiger partial charge in [-0.1, -0.05) is 19.1 Å². The third kappa shape index (κ3) is 9.33. The van der Waals surface area contributed by atoms with Gasteiger partial charge in [-0.25, -0.2) is 4.79 Å². The van der Waals surface area contributed by atoms with Crippen LogP contribution >= 0.6 is 0 Å². The number of halogens is 3. The van der Waals surface area contributed by atoms with E-state index >= 15 is 0 Å². The van der Waals surface area contributed by atoms with Gasteiger partial charge in [0.05, 0.1) is 12.5 Å². The molecule has 0 heterocycles. The van der Waals surface area contributed by atoms with E-state index in [4.69, 9.17) is 9.47 Å². The molecule has 0 fully saturated rings. The summed E-state index contributed by atoms with van der Waals surface area (Å²) < 4.78 is 73.8. The van der Waals surface area contributed by atoms with Crippen molar-refractivity contribution in [3.05, 3.63) is 29.8 Å². The zero-order valence-corrected chi connectivity index (χ0v) is 19.3. The first kappa shape index (κ1) is 27.5. The minimum Gasteiger partial charge on any atom is -0.466 e. The summed E-state index contributed by atoms with van der Waals surface area (Å²) in [5.41, 5.74) is -5.74. The van der Waals surface area contributed by atoms with E-state index in [0.29, 0.717) is 5.56 Å². The van der Waals surface area contributed by atoms with Crippen LogP contribution in [0.3, 0.4) is 0 Å². The average Bonchev–Trinajstić information content (AvgIpc) is 2.60. The quantitative estimate of drug-likeness (QED) is 0.322. The molecule has 12 heteroatoms. The Morgan fingerprint density at radius 2 is 1.66 bits per heavy atom. The number of rotatable bonds is 9. The Hall–Kier alpha value is -2.50. The van der Waals surface area contributed by atoms with Crippen LogP contribution in [0.2, 0.25) is 0 Å². The average molecular weight is 484 g/mol. The first-order valence-electron chi connectivity index (χ1n) is 9.80. The molecule has 1 amide bonds. The fraction of sp³-hybridized carbons (Fsp3) is 0.600. The van der Waals surface area contributed by atoms with Crippen LogP contribution in [0.1, 0.15) is 46.6 Å². The van der Waals surface area contributed by atoms with Crippen molar-refractivity contribution >= 4 is 22.2 Å². The van der Waals surface area contributed by atoms with Crippen molar-refractivity contribution in [2.24, 2.45) is 5.92 Å². The van der Waals surface area contributed by atoms with Gasteiger partial charge in [-0.05, 0) is 58.2 Å². The van der Waals surface area contributed by atoms with Crippen molar-refractivity contribution < 1.29 is 44.8 Å². The molecule has 0 saturated carbocycles. The Bertz CT molecular complexity index is 878. The molecule has 2 atom stereocenters. The van der Waals surface area contributed by atoms with E-state index in [1.807, 2.05) is 0 Å². The first-order valence-corrected chi connectivity index (χ1v) is 11.2. The summed E-state index contributed by atoms with van der Waals surface area (Å²) in [4.78, 5) is 24.2. The first-order chi connectivity index (χ1) is 14.5. The van der Waals surface area contributed by atoms with Gasteiger partial charge in [0.25, 0.3) is 0 Å². The molecule has 0 saturated heterocycles. The predicted octanol–water partition coefficient (Wildman–Crippen LogP) is 3.94. The molecule has 0 radical (unpaired) electrons. The Morgan fingerprint density at radius 3 is 2.12 bits per heavy atom. The highest BCUT2D eigenvalue weighted by Gasteiger charge is 2.48. The van der Waals surface area contributed by atoms with Crippen molar-refractivity contribution in [2.75, 3.05) is 6.61 Å². The number of carbonyl (C=O) groups excluding carboxylic acids is 2. The van der Waals surface area contributed by atoms with Crippen LogP contribution < -0.4 is 9.50 Å². The molecule has 8 nitrogen and oxygen atoms in total. The Kier molecular flexibility index (Phi) is 9.37. The number of alkyl carbamates (subject to hydrolysis) is 1. The maximum absolute atomic E-state index is 12.4. The second-order valence-electron chi connectivity index (χ2n) is 8.06. The molecule has 1 rings (SSSR count). The lowest BCUT2D eigenvalue weighted by Gasteiger charge is -2.25. The van der Waals surface area contributed by atoms with Gasteiger partial charge in [0.15, 0.2) is 0 Å². The van der Waals surface area contributed by atoms with Gasteiger partial charge < -0.3 is 19.0 Å². The van der Waals surface area contributed by atoms with Gasteiger partial charge in [0.1, 0.15) is 11.4 Å². The summed E-state index contributed by atoms with van der Waals surface area (Å²) in [6.07, 6.45) is -0.302. The zero-order chi connectivity index (χ0) is 24.7. The van der Waals surface area contributed by atoms with E-state index in [1.54, 1.807) is 34.6 Å². The molecule has 1 aromatic rings. The number of hydrogen-bond acceptors (Lipinski definition) is 7. The molecule has 182 valence electrons. The SMILES string of the molecule is CCOC(=O)[C@@H](C)C[C@H](Cc1ccc(OS(=O)(=O)C(F)(F)F)cc1)NC(=O)OC(C)(C)C. The summed E-state index contributed by atoms with van der Waals surface area (Å²) in [5, 5.41) is 2.68. The van der Waals surface area contributed by atoms with Crippen LogP contribution in [0.5, 0.6) is 5.75 Å². The molecule has 1 aromatic carbocycles. The van der Waals surface area contributed by atoms with E-state index in [9.17, 15) is 31.2 Å². The van der Waals surface area contributed by atoms with Crippen LogP contribution in [0, 0.1) is 5.92 Å². The summed E-state index contributed by atoms with van der Waals surface area (Å²) in [6, 6.07) is 4.28. The maximum Gasteiger partial charge on any atom is 0.534 e. The molecule has 0 aliphatic carbocycles. The van der Waals surface area contributed by atoms with Gasteiger partial charge in [-0.15, -0.1) is 0 Å². The Morgan fingerprint density at radius 1 is 1.09 bits per heavy atom. The fourth-order valence-corrected chi connectivity index (χ4v) is 3.07. The van der Waals surface area contributed by atoms with Gasteiger partial charge in [-0.3, -0.25) is 4.79 Å². The maximum atomic E-state index is 12.4. The number of benzene rings is 1. The number of nitrogens with one attached hydrogen (secondary N) is 1. The Balaban J connectivity index is 2.95. The van der Waals surface area contributed by atoms with Gasteiger partial charge in [0.2, 0.25) is 0 Å². The standard InChI is InChI=1S/C20H28F3NO7S/c1-6-29-17(25)13(2)11-15(24-18(26)30-19(3,4)5)12-14-7-9-16(10-8-14)31-32(27,28)20(21,22)23/h7-10,13,15H,6,11-12H2,1-5H3,(H,24,26)/t13-,15+/m0/s1. The van der Waals surface area contributed by atoms with Gasteiger partial charge >= 0.3 is 27.7 Å². The highest BCUT2D eigenvalue weighted by Crippen LogP contribution is 2.27. The van der Waals surface area contributed by atoms with E-state index < -0.39 is 51.0 Å². The van der Waals surface area contributed by atoms with Gasteiger partial charge in [0, 0.05) is 6.04 Å². The van der Waals surface area contributed by atoms with E-state index in [-0.39, 0.29) is 19.4 Å². The topological polar surface area (TPSA) is 108 Å². The smallest absolute Gasteiger partial charge is 0.466 e. The minimum atomic E-state index is -5.78. The number of esters is 1. The van der Waals surface area contributed by atoms with E-state index in [1.165, 1.54) is 12.1 Å². The number of alkyl halides is 3. The van der Waals surface area contributed by atoms with Gasteiger partial charge in [-0.2, -0.15) is 21.6 Å². The normalized spacial score (nSPS) is 14.2. The molecule has 0 spiro atoms. The minimum absolute atomic E-state index is 0.190. The molecule has 0 aliphatic rings. The zero-order valence-electron chi connectivity index (χ0n) is 18.5. The van der Waals surface area contributed by atoms with Crippen molar-refractivity contribution in [3.8, 4) is 5.75 Å². The monoisotopic (exact) mass is 483 g/mol. The third-order valence-electron chi connectivity index (χ3n) is 3.94. The molecule has 1 N–H and O–H groups in total. The molecule has 0 bridgehead atoms. The van der Waals surface area contributed by atoms with Crippen molar-refractivity contribution in [3.63, 3.8) is 0 Å². The number of ether oxygens (including phenoxy) is 2. The van der Waals surface area contributed by atoms with Crippen molar-refractivity contribution in [1.29, 1.82) is 0 Å². The number of hydrogen-bond donors (Lipinski definition) is 1. The number of carbonyl (C=O) groups is 2. The molecular weight excluding hydrogens is 455 g/mol. The highest BCUT2D eigenvalue weighted by molar-refractivity contribution is 7.88. The summed E-state index contributed by atoms with van der Waals surface area (Å²) in [7, 11) is -5.78. The molecule has 0 unspecified atom stereocenters. The molecule has 0 aliphatic heterocycles. The van der Waals surface area contributed by atoms with Crippen molar-refractivity contribution in [1.82, 2.24) is 5.32 Å². The second kappa shape index (κ2) is 10.9. The fourth-order valence-electron chi connectivity index (χ4n) is 2.61.